The number of para-hydroxylation sites is 1. The number of ether oxygens (including phenoxy) is 1. The maximum atomic E-state index is 12.1. The molecular formula is C21H24N4O3S2. The first-order valence-electron chi connectivity index (χ1n) is 9.76. The van der Waals surface area contributed by atoms with Crippen molar-refractivity contribution in [1.29, 1.82) is 0 Å². The molecule has 0 amide bonds. The van der Waals surface area contributed by atoms with Crippen LogP contribution in [0, 0.1) is 0 Å². The lowest BCUT2D eigenvalue weighted by molar-refractivity contribution is 0.343. The van der Waals surface area contributed by atoms with Gasteiger partial charge in [-0.2, -0.15) is 0 Å². The fraction of sp³-hybridized carbons (Fsp3) is 0.333. The average Bonchev–Trinajstić information content (AvgIpc) is 3.51. The molecule has 0 saturated heterocycles. The number of rotatable bonds is 9. The first-order valence-corrected chi connectivity index (χ1v) is 12.2. The van der Waals surface area contributed by atoms with Crippen molar-refractivity contribution in [3.8, 4) is 11.4 Å². The van der Waals surface area contributed by atoms with E-state index in [4.69, 9.17) is 9.72 Å². The highest BCUT2D eigenvalue weighted by Crippen LogP contribution is 2.40. The van der Waals surface area contributed by atoms with E-state index in [0.29, 0.717) is 24.0 Å². The van der Waals surface area contributed by atoms with Crippen molar-refractivity contribution >= 4 is 21.8 Å². The predicted octanol–water partition coefficient (Wildman–Crippen LogP) is 3.57. The number of aromatic nitrogens is 3. The minimum absolute atomic E-state index is 0.248. The summed E-state index contributed by atoms with van der Waals surface area (Å²) in [5, 5.41) is 5.43. The molecule has 0 unspecified atom stereocenters. The van der Waals surface area contributed by atoms with Crippen LogP contribution in [0.3, 0.4) is 0 Å². The van der Waals surface area contributed by atoms with Crippen LogP contribution in [0.1, 0.15) is 24.6 Å². The Morgan fingerprint density at radius 2 is 1.80 bits per heavy atom. The molecule has 7 nitrogen and oxygen atoms in total. The molecule has 1 aromatic heterocycles. The molecule has 30 heavy (non-hydrogen) atoms. The van der Waals surface area contributed by atoms with Gasteiger partial charge in [0.1, 0.15) is 11.6 Å². The minimum atomic E-state index is -3.43. The number of sulfonamides is 1. The van der Waals surface area contributed by atoms with Gasteiger partial charge in [0.15, 0.2) is 0 Å². The molecule has 1 aliphatic rings. The van der Waals surface area contributed by atoms with Crippen molar-refractivity contribution < 1.29 is 13.2 Å². The van der Waals surface area contributed by atoms with Gasteiger partial charge in [0.2, 0.25) is 15.2 Å². The lowest BCUT2D eigenvalue weighted by Gasteiger charge is -2.12. The second-order valence-electron chi connectivity index (χ2n) is 7.23. The Morgan fingerprint density at radius 3 is 2.43 bits per heavy atom. The van der Waals surface area contributed by atoms with E-state index in [1.165, 1.54) is 18.4 Å². The summed E-state index contributed by atoms with van der Waals surface area (Å²) >= 11 is 1.56. The van der Waals surface area contributed by atoms with Gasteiger partial charge in [0.05, 0.1) is 17.2 Å². The Labute approximate surface area is 181 Å². The summed E-state index contributed by atoms with van der Waals surface area (Å²) < 4.78 is 33.1. The van der Waals surface area contributed by atoms with Crippen molar-refractivity contribution in [3.63, 3.8) is 0 Å². The van der Waals surface area contributed by atoms with Crippen LogP contribution in [-0.2, 0) is 10.0 Å². The third-order valence-corrected chi connectivity index (χ3v) is 7.37. The van der Waals surface area contributed by atoms with E-state index in [0.717, 1.165) is 29.5 Å². The number of nitrogens with zero attached hydrogens (tertiary/aromatic N) is 4. The van der Waals surface area contributed by atoms with E-state index in [1.807, 2.05) is 35.0 Å². The highest BCUT2D eigenvalue weighted by molar-refractivity contribution is 7.99. The summed E-state index contributed by atoms with van der Waals surface area (Å²) in [4.78, 5) is 4.98. The summed E-state index contributed by atoms with van der Waals surface area (Å²) in [6.45, 7) is 0.475. The predicted molar refractivity (Wildman–Crippen MR) is 117 cm³/mol. The second kappa shape index (κ2) is 8.79. The summed E-state index contributed by atoms with van der Waals surface area (Å²) in [6, 6.07) is 16.5. The highest BCUT2D eigenvalue weighted by atomic mass is 32.2. The van der Waals surface area contributed by atoms with Gasteiger partial charge in [-0.25, -0.2) is 22.4 Å². The molecule has 1 heterocycles. The topological polar surface area (TPSA) is 77.3 Å². The minimum Gasteiger partial charge on any atom is -0.493 e. The summed E-state index contributed by atoms with van der Waals surface area (Å²) in [5.74, 6) is 2.86. The Kier molecular flexibility index (Phi) is 6.12. The average molecular weight is 445 g/mol. The van der Waals surface area contributed by atoms with Crippen molar-refractivity contribution in [2.45, 2.75) is 28.8 Å². The zero-order valence-corrected chi connectivity index (χ0v) is 18.6. The summed E-state index contributed by atoms with van der Waals surface area (Å²) in [6.07, 6.45) is 2.33. The van der Waals surface area contributed by atoms with Crippen molar-refractivity contribution in [2.24, 2.45) is 0 Å². The maximum Gasteiger partial charge on any atom is 0.242 e. The van der Waals surface area contributed by atoms with Gasteiger partial charge in [-0.05, 0) is 49.2 Å². The Morgan fingerprint density at radius 1 is 1.10 bits per heavy atom. The van der Waals surface area contributed by atoms with Gasteiger partial charge in [-0.15, -0.1) is 5.10 Å². The van der Waals surface area contributed by atoms with Crippen molar-refractivity contribution in [1.82, 2.24) is 19.1 Å². The molecule has 0 atom stereocenters. The molecule has 1 saturated carbocycles. The van der Waals surface area contributed by atoms with Crippen LogP contribution in [0.4, 0.5) is 0 Å². The van der Waals surface area contributed by atoms with Gasteiger partial charge >= 0.3 is 0 Å². The molecule has 0 aliphatic heterocycles. The van der Waals surface area contributed by atoms with Gasteiger partial charge in [-0.3, -0.25) is 0 Å². The molecule has 0 spiro atoms. The van der Waals surface area contributed by atoms with Crippen LogP contribution in [0.5, 0.6) is 5.75 Å². The lowest BCUT2D eigenvalue weighted by atomic mass is 10.3. The Hall–Kier alpha value is -2.36. The third kappa shape index (κ3) is 4.69. The molecule has 2 aromatic carbocycles. The maximum absolute atomic E-state index is 12.1. The van der Waals surface area contributed by atoms with Crippen LogP contribution in [-0.4, -0.2) is 53.9 Å². The number of benzene rings is 2. The zero-order valence-electron chi connectivity index (χ0n) is 16.9. The lowest BCUT2D eigenvalue weighted by Crippen LogP contribution is -2.22. The fourth-order valence-corrected chi connectivity index (χ4v) is 4.49. The molecule has 0 N–H and O–H groups in total. The van der Waals surface area contributed by atoms with Crippen LogP contribution in [0.2, 0.25) is 0 Å². The van der Waals surface area contributed by atoms with E-state index in [2.05, 4.69) is 5.10 Å². The van der Waals surface area contributed by atoms with Crippen LogP contribution < -0.4 is 4.74 Å². The molecule has 4 rings (SSSR count). The normalized spacial score (nSPS) is 14.2. The third-order valence-electron chi connectivity index (χ3n) is 4.74. The quantitative estimate of drug-likeness (QED) is 0.371. The number of hydrogen-bond acceptors (Lipinski definition) is 6. The fourth-order valence-electron chi connectivity index (χ4n) is 2.94. The second-order valence-corrected chi connectivity index (χ2v) is 10.4. The van der Waals surface area contributed by atoms with E-state index >= 15 is 0 Å². The van der Waals surface area contributed by atoms with Crippen molar-refractivity contribution in [3.05, 3.63) is 60.4 Å². The smallest absolute Gasteiger partial charge is 0.242 e. The highest BCUT2D eigenvalue weighted by Gasteiger charge is 2.30. The summed E-state index contributed by atoms with van der Waals surface area (Å²) in [5.41, 5.74) is 1.03. The van der Waals surface area contributed by atoms with Crippen LogP contribution >= 0.6 is 11.8 Å². The van der Waals surface area contributed by atoms with Gasteiger partial charge < -0.3 is 4.74 Å². The monoisotopic (exact) mass is 444 g/mol. The van der Waals surface area contributed by atoms with Crippen molar-refractivity contribution in [2.75, 3.05) is 26.5 Å². The van der Waals surface area contributed by atoms with Crippen LogP contribution in [0.15, 0.2) is 64.6 Å². The standard InChI is InChI=1S/C21H24N4O3S2/c1-24(2)30(26,27)19-12-10-18(11-13-19)28-14-15-29-21-22-20(16-8-9-16)25(23-21)17-6-4-3-5-7-17/h3-7,10-13,16H,8-9,14-15H2,1-2H3. The molecule has 1 fully saturated rings. The molecule has 0 radical (unpaired) electrons. The largest absolute Gasteiger partial charge is 0.493 e. The SMILES string of the molecule is CN(C)S(=O)(=O)c1ccc(OCCSc2nc(C3CC3)n(-c3ccccc3)n2)cc1. The Bertz CT molecular complexity index is 1090. The van der Waals surface area contributed by atoms with E-state index in [9.17, 15) is 8.42 Å². The molecule has 158 valence electrons. The van der Waals surface area contributed by atoms with Gasteiger partial charge in [-0.1, -0.05) is 30.0 Å². The van der Waals surface area contributed by atoms with Gasteiger partial charge in [0.25, 0.3) is 0 Å². The molecule has 9 heteroatoms. The molecular weight excluding hydrogens is 420 g/mol. The molecule has 3 aromatic rings. The van der Waals surface area contributed by atoms with Crippen LogP contribution in [0.25, 0.3) is 5.69 Å². The summed E-state index contributed by atoms with van der Waals surface area (Å²) in [7, 11) is -0.401. The first kappa shape index (κ1) is 20.9. The zero-order chi connectivity index (χ0) is 21.1. The van der Waals surface area contributed by atoms with E-state index < -0.39 is 10.0 Å². The van der Waals surface area contributed by atoms with E-state index in [-0.39, 0.29) is 4.90 Å². The first-order chi connectivity index (χ1) is 14.4. The molecule has 1 aliphatic carbocycles. The van der Waals surface area contributed by atoms with Gasteiger partial charge in [0, 0.05) is 25.8 Å². The molecule has 0 bridgehead atoms. The Balaban J connectivity index is 1.34. The number of hydrogen-bond donors (Lipinski definition) is 0. The van der Waals surface area contributed by atoms with E-state index in [1.54, 1.807) is 36.0 Å². The number of thioether (sulfide) groups is 1.